The van der Waals surface area contributed by atoms with E-state index in [1.807, 2.05) is 73.9 Å². The quantitative estimate of drug-likeness (QED) is 0.251. The molecule has 0 saturated heterocycles. The molecule has 0 saturated carbocycles. The van der Waals surface area contributed by atoms with Crippen molar-refractivity contribution < 1.29 is 20.1 Å². The van der Waals surface area contributed by atoms with Gasteiger partial charge in [0.25, 0.3) is 0 Å². The molecule has 4 rings (SSSR count). The topological polar surface area (TPSA) is 25.8 Å². The molecule has 2 aromatic carbocycles. The van der Waals surface area contributed by atoms with Crippen LogP contribution < -0.4 is 0 Å². The van der Waals surface area contributed by atoms with Crippen LogP contribution in [0.25, 0.3) is 22.5 Å². The molecule has 0 aliphatic rings. The van der Waals surface area contributed by atoms with Gasteiger partial charge in [-0.15, -0.1) is 71.8 Å². The van der Waals surface area contributed by atoms with Crippen LogP contribution in [0.2, 0.25) is 0 Å². The van der Waals surface area contributed by atoms with E-state index in [9.17, 15) is 0 Å². The molecule has 1 radical (unpaired) electrons. The van der Waals surface area contributed by atoms with E-state index >= 15 is 0 Å². The van der Waals surface area contributed by atoms with Crippen molar-refractivity contribution in [2.24, 2.45) is 0 Å². The zero-order valence-electron chi connectivity index (χ0n) is 17.8. The molecule has 3 heteroatoms. The SMILES string of the molecule is CC(C)(C)c1ccc(-c2[c-]cccc2)nc1.Cc1ccc(-c2[c-]cccc2)nc1.[Ir]. The molecule has 2 nitrogen and oxygen atoms in total. The molecule has 0 aliphatic heterocycles. The van der Waals surface area contributed by atoms with Gasteiger partial charge in [0.2, 0.25) is 0 Å². The molecule has 0 fully saturated rings. The van der Waals surface area contributed by atoms with E-state index in [1.165, 1.54) is 11.1 Å². The minimum absolute atomic E-state index is 0. The van der Waals surface area contributed by atoms with Gasteiger partial charge in [-0.1, -0.05) is 45.0 Å². The van der Waals surface area contributed by atoms with Crippen molar-refractivity contribution in [1.82, 2.24) is 9.97 Å². The van der Waals surface area contributed by atoms with E-state index in [1.54, 1.807) is 0 Å². The molecule has 155 valence electrons. The van der Waals surface area contributed by atoms with E-state index in [0.717, 1.165) is 22.5 Å². The maximum absolute atomic E-state index is 4.48. The number of nitrogens with zero attached hydrogens (tertiary/aromatic N) is 2. The number of hydrogen-bond acceptors (Lipinski definition) is 2. The molecule has 4 aromatic rings. The fourth-order valence-corrected chi connectivity index (χ4v) is 2.73. The zero-order chi connectivity index (χ0) is 20.7. The van der Waals surface area contributed by atoms with Gasteiger partial charge in [0, 0.05) is 32.5 Å². The molecule has 0 unspecified atom stereocenters. The van der Waals surface area contributed by atoms with Gasteiger partial charge < -0.3 is 9.97 Å². The Labute approximate surface area is 193 Å². The first-order valence-electron chi connectivity index (χ1n) is 9.77. The van der Waals surface area contributed by atoms with Crippen LogP contribution >= 0.6 is 0 Å². The van der Waals surface area contributed by atoms with E-state index in [0.29, 0.717) is 0 Å². The molecule has 0 N–H and O–H groups in total. The molecule has 0 spiro atoms. The number of aromatic nitrogens is 2. The largest absolute Gasteiger partial charge is 0.304 e. The first-order chi connectivity index (χ1) is 13.9. The smallest absolute Gasteiger partial charge is 0.0198 e. The molecule has 0 bridgehead atoms. The van der Waals surface area contributed by atoms with Crippen LogP contribution in [-0.2, 0) is 25.5 Å². The first-order valence-corrected chi connectivity index (χ1v) is 9.77. The predicted molar refractivity (Wildman–Crippen MR) is 120 cm³/mol. The Morgan fingerprint density at radius 3 is 1.57 bits per heavy atom. The van der Waals surface area contributed by atoms with Crippen molar-refractivity contribution in [3.05, 3.63) is 108 Å². The van der Waals surface area contributed by atoms with Gasteiger partial charge in [-0.3, -0.25) is 0 Å². The molecule has 0 amide bonds. The second-order valence-electron chi connectivity index (χ2n) is 7.96. The van der Waals surface area contributed by atoms with Gasteiger partial charge in [-0.05, 0) is 34.9 Å². The van der Waals surface area contributed by atoms with E-state index in [-0.39, 0.29) is 25.5 Å². The van der Waals surface area contributed by atoms with Crippen molar-refractivity contribution >= 4 is 0 Å². The van der Waals surface area contributed by atoms with Crippen molar-refractivity contribution in [3.63, 3.8) is 0 Å². The van der Waals surface area contributed by atoms with E-state index < -0.39 is 0 Å². The van der Waals surface area contributed by atoms with Crippen molar-refractivity contribution in [3.8, 4) is 22.5 Å². The third-order valence-electron chi connectivity index (χ3n) is 4.51. The van der Waals surface area contributed by atoms with Gasteiger partial charge in [0.15, 0.2) is 0 Å². The molecule has 0 atom stereocenters. The van der Waals surface area contributed by atoms with Crippen LogP contribution in [-0.4, -0.2) is 9.97 Å². The molecular weight excluding hydrogens is 545 g/mol. The second kappa shape index (κ2) is 11.0. The van der Waals surface area contributed by atoms with Gasteiger partial charge >= 0.3 is 0 Å². The Morgan fingerprint density at radius 2 is 1.20 bits per heavy atom. The second-order valence-corrected chi connectivity index (χ2v) is 7.96. The number of aryl methyl sites for hydroxylation is 1. The van der Waals surface area contributed by atoms with Crippen molar-refractivity contribution in [2.75, 3.05) is 0 Å². The summed E-state index contributed by atoms with van der Waals surface area (Å²) in [7, 11) is 0. The van der Waals surface area contributed by atoms with Crippen LogP contribution in [0.15, 0.2) is 85.2 Å². The summed E-state index contributed by atoms with van der Waals surface area (Å²) in [5.41, 5.74) is 6.64. The molecular formula is C27H26IrN2-2. The minimum Gasteiger partial charge on any atom is -0.304 e. The van der Waals surface area contributed by atoms with Crippen LogP contribution in [0, 0.1) is 19.1 Å². The summed E-state index contributed by atoms with van der Waals surface area (Å²) in [4.78, 5) is 8.80. The first kappa shape index (κ1) is 23.7. The maximum Gasteiger partial charge on any atom is 0.0198 e. The molecule has 0 aliphatic carbocycles. The summed E-state index contributed by atoms with van der Waals surface area (Å²) in [5, 5.41) is 0. The zero-order valence-corrected chi connectivity index (χ0v) is 20.2. The maximum atomic E-state index is 4.48. The van der Waals surface area contributed by atoms with E-state index in [4.69, 9.17) is 0 Å². The van der Waals surface area contributed by atoms with Crippen LogP contribution in [0.1, 0.15) is 31.9 Å². The van der Waals surface area contributed by atoms with Gasteiger partial charge in [-0.2, -0.15) is 0 Å². The van der Waals surface area contributed by atoms with Crippen LogP contribution in [0.4, 0.5) is 0 Å². The van der Waals surface area contributed by atoms with Crippen LogP contribution in [0.3, 0.4) is 0 Å². The number of pyridine rings is 2. The molecule has 2 heterocycles. The fourth-order valence-electron chi connectivity index (χ4n) is 2.73. The van der Waals surface area contributed by atoms with Crippen LogP contribution in [0.5, 0.6) is 0 Å². The normalized spacial score (nSPS) is 10.4. The Balaban J connectivity index is 0.000000211. The van der Waals surface area contributed by atoms with Gasteiger partial charge in [0.1, 0.15) is 0 Å². The number of benzene rings is 2. The minimum atomic E-state index is 0. The monoisotopic (exact) mass is 571 g/mol. The van der Waals surface area contributed by atoms with Gasteiger partial charge in [-0.25, -0.2) is 0 Å². The number of rotatable bonds is 2. The third-order valence-corrected chi connectivity index (χ3v) is 4.51. The summed E-state index contributed by atoms with van der Waals surface area (Å²) >= 11 is 0. The molecule has 2 aromatic heterocycles. The molecule has 30 heavy (non-hydrogen) atoms. The van der Waals surface area contributed by atoms with E-state index in [2.05, 4.69) is 61.1 Å². The average Bonchev–Trinajstić information content (AvgIpc) is 2.75. The Bertz CT molecular complexity index is 1000. The summed E-state index contributed by atoms with van der Waals surface area (Å²) < 4.78 is 0. The summed E-state index contributed by atoms with van der Waals surface area (Å²) in [6.45, 7) is 8.61. The van der Waals surface area contributed by atoms with Crippen molar-refractivity contribution in [1.29, 1.82) is 0 Å². The fraction of sp³-hybridized carbons (Fsp3) is 0.185. The average molecular weight is 571 g/mol. The van der Waals surface area contributed by atoms with Crippen molar-refractivity contribution in [2.45, 2.75) is 33.1 Å². The summed E-state index contributed by atoms with van der Waals surface area (Å²) in [6, 6.07) is 30.4. The Kier molecular flexibility index (Phi) is 8.65. The summed E-state index contributed by atoms with van der Waals surface area (Å²) in [5.74, 6) is 0. The predicted octanol–water partition coefficient (Wildman–Crippen LogP) is 6.70. The number of hydrogen-bond donors (Lipinski definition) is 0. The third kappa shape index (κ3) is 6.72. The summed E-state index contributed by atoms with van der Waals surface area (Å²) in [6.07, 6.45) is 3.83. The standard InChI is InChI=1S/C15H16N.C12H10N.Ir/c1-15(2,3)13-9-10-14(16-11-13)12-7-5-4-6-8-12;1-10-7-8-12(13-9-10)11-5-3-2-4-6-11;/h4-7,9-11H,1-3H3;2-5,7-9H,1H3;/q2*-1;. The Hall–Kier alpha value is -2.61. The van der Waals surface area contributed by atoms with Gasteiger partial charge in [0.05, 0.1) is 0 Å². The Morgan fingerprint density at radius 1 is 0.667 bits per heavy atom.